The van der Waals surface area contributed by atoms with Gasteiger partial charge in [-0.1, -0.05) is 30.7 Å². The van der Waals surface area contributed by atoms with Crippen LogP contribution in [0.2, 0.25) is 5.02 Å². The van der Waals surface area contributed by atoms with Gasteiger partial charge in [-0.2, -0.15) is 0 Å². The van der Waals surface area contributed by atoms with Crippen LogP contribution in [-0.2, 0) is 6.54 Å². The summed E-state index contributed by atoms with van der Waals surface area (Å²) >= 11 is 6.17. The van der Waals surface area contributed by atoms with Crippen molar-refractivity contribution in [3.63, 3.8) is 0 Å². The summed E-state index contributed by atoms with van der Waals surface area (Å²) in [7, 11) is 0. The van der Waals surface area contributed by atoms with Crippen molar-refractivity contribution in [2.45, 2.75) is 19.9 Å². The average molecular weight is 314 g/mol. The van der Waals surface area contributed by atoms with Crippen LogP contribution in [0.25, 0.3) is 11.1 Å². The highest BCUT2D eigenvalue weighted by Gasteiger charge is 2.12. The zero-order chi connectivity index (χ0) is 15.4. The molecule has 0 saturated heterocycles. The molecule has 0 aromatic heterocycles. The Morgan fingerprint density at radius 1 is 1.00 bits per heavy atom. The van der Waals surface area contributed by atoms with Gasteiger partial charge in [-0.3, -0.25) is 0 Å². The van der Waals surface area contributed by atoms with Crippen molar-refractivity contribution in [1.82, 2.24) is 5.32 Å². The maximum Gasteiger partial charge on any atom is 0.194 e. The first-order chi connectivity index (χ1) is 10.0. The summed E-state index contributed by atoms with van der Waals surface area (Å²) < 4.78 is 39.5. The fourth-order valence-corrected chi connectivity index (χ4v) is 2.24. The summed E-state index contributed by atoms with van der Waals surface area (Å²) in [5, 5.41) is 3.72. The van der Waals surface area contributed by atoms with E-state index in [-0.39, 0.29) is 5.56 Å². The third-order valence-corrected chi connectivity index (χ3v) is 3.46. The van der Waals surface area contributed by atoms with Crippen molar-refractivity contribution in [3.05, 3.63) is 58.4 Å². The Hall–Kier alpha value is -1.52. The lowest BCUT2D eigenvalue weighted by Gasteiger charge is -2.09. The third-order valence-electron chi connectivity index (χ3n) is 3.11. The molecule has 0 saturated carbocycles. The van der Waals surface area contributed by atoms with Gasteiger partial charge in [-0.25, -0.2) is 13.2 Å². The van der Waals surface area contributed by atoms with Crippen LogP contribution in [0.4, 0.5) is 13.2 Å². The summed E-state index contributed by atoms with van der Waals surface area (Å²) in [5.74, 6) is -3.89. The summed E-state index contributed by atoms with van der Waals surface area (Å²) in [5.41, 5.74) is 1.69. The van der Waals surface area contributed by atoms with Crippen LogP contribution in [-0.4, -0.2) is 6.54 Å². The van der Waals surface area contributed by atoms with Gasteiger partial charge >= 0.3 is 0 Å². The lowest BCUT2D eigenvalue weighted by molar-refractivity contribution is 0.448. The van der Waals surface area contributed by atoms with Crippen molar-refractivity contribution in [2.24, 2.45) is 0 Å². The summed E-state index contributed by atoms with van der Waals surface area (Å²) in [6, 6.07) is 7.04. The molecule has 0 atom stereocenters. The Morgan fingerprint density at radius 2 is 1.67 bits per heavy atom. The summed E-state index contributed by atoms with van der Waals surface area (Å²) in [6.07, 6.45) is 1.02. The van der Waals surface area contributed by atoms with Gasteiger partial charge in [-0.05, 0) is 47.9 Å². The normalized spacial score (nSPS) is 10.9. The molecule has 0 radical (unpaired) electrons. The van der Waals surface area contributed by atoms with Crippen LogP contribution in [0.5, 0.6) is 0 Å². The second kappa shape index (κ2) is 6.96. The number of rotatable bonds is 5. The van der Waals surface area contributed by atoms with E-state index in [1.165, 1.54) is 0 Å². The molecule has 0 spiro atoms. The average Bonchev–Trinajstić information content (AvgIpc) is 2.46. The van der Waals surface area contributed by atoms with E-state index in [0.717, 1.165) is 30.7 Å². The SMILES string of the molecule is CCCNCc1ccc(-c2cc(F)c(F)c(F)c2)cc1Cl. The van der Waals surface area contributed by atoms with Gasteiger partial charge in [0.2, 0.25) is 0 Å². The topological polar surface area (TPSA) is 12.0 Å². The van der Waals surface area contributed by atoms with E-state index in [1.54, 1.807) is 18.2 Å². The minimum Gasteiger partial charge on any atom is -0.313 e. The molecular weight excluding hydrogens is 299 g/mol. The number of nitrogens with one attached hydrogen (secondary N) is 1. The molecule has 2 rings (SSSR count). The third kappa shape index (κ3) is 3.77. The van der Waals surface area contributed by atoms with E-state index < -0.39 is 17.5 Å². The van der Waals surface area contributed by atoms with Gasteiger partial charge in [-0.15, -0.1) is 0 Å². The van der Waals surface area contributed by atoms with Gasteiger partial charge in [0, 0.05) is 11.6 Å². The molecule has 21 heavy (non-hydrogen) atoms. The monoisotopic (exact) mass is 313 g/mol. The molecule has 0 aliphatic rings. The second-order valence-electron chi connectivity index (χ2n) is 4.74. The van der Waals surface area contributed by atoms with Crippen molar-refractivity contribution in [3.8, 4) is 11.1 Å². The van der Waals surface area contributed by atoms with E-state index in [4.69, 9.17) is 11.6 Å². The second-order valence-corrected chi connectivity index (χ2v) is 5.14. The van der Waals surface area contributed by atoms with E-state index >= 15 is 0 Å². The van der Waals surface area contributed by atoms with Crippen molar-refractivity contribution < 1.29 is 13.2 Å². The maximum absolute atomic E-state index is 13.3. The Bertz CT molecular complexity index is 620. The van der Waals surface area contributed by atoms with Gasteiger partial charge in [0.25, 0.3) is 0 Å². The smallest absolute Gasteiger partial charge is 0.194 e. The quantitative estimate of drug-likeness (QED) is 0.610. The molecule has 0 bridgehead atoms. The van der Waals surface area contributed by atoms with Crippen LogP contribution < -0.4 is 5.32 Å². The van der Waals surface area contributed by atoms with Crippen LogP contribution >= 0.6 is 11.6 Å². The van der Waals surface area contributed by atoms with Gasteiger partial charge in [0.15, 0.2) is 17.5 Å². The molecule has 0 aliphatic carbocycles. The van der Waals surface area contributed by atoms with Gasteiger partial charge in [0.1, 0.15) is 0 Å². The molecule has 2 aromatic carbocycles. The zero-order valence-electron chi connectivity index (χ0n) is 11.5. The van der Waals surface area contributed by atoms with E-state index in [9.17, 15) is 13.2 Å². The minimum absolute atomic E-state index is 0.251. The van der Waals surface area contributed by atoms with Crippen molar-refractivity contribution in [1.29, 1.82) is 0 Å². The maximum atomic E-state index is 13.3. The Kier molecular flexibility index (Phi) is 5.26. The number of hydrogen-bond acceptors (Lipinski definition) is 1. The van der Waals surface area contributed by atoms with E-state index in [1.807, 2.05) is 0 Å². The lowest BCUT2D eigenvalue weighted by Crippen LogP contribution is -2.13. The molecule has 0 fully saturated rings. The molecule has 5 heteroatoms. The Balaban J connectivity index is 2.27. The first-order valence-electron chi connectivity index (χ1n) is 6.67. The predicted octanol–water partition coefficient (Wildman–Crippen LogP) is 4.92. The van der Waals surface area contributed by atoms with Gasteiger partial charge < -0.3 is 5.32 Å². The highest BCUT2D eigenvalue weighted by Crippen LogP contribution is 2.28. The van der Waals surface area contributed by atoms with Crippen molar-refractivity contribution in [2.75, 3.05) is 6.54 Å². The van der Waals surface area contributed by atoms with Crippen LogP contribution in [0.15, 0.2) is 30.3 Å². The molecule has 1 N–H and O–H groups in total. The fraction of sp³-hybridized carbons (Fsp3) is 0.250. The Morgan fingerprint density at radius 3 is 2.24 bits per heavy atom. The first-order valence-corrected chi connectivity index (χ1v) is 7.04. The van der Waals surface area contributed by atoms with E-state index in [2.05, 4.69) is 12.2 Å². The first kappa shape index (κ1) is 15.9. The summed E-state index contributed by atoms with van der Waals surface area (Å²) in [4.78, 5) is 0. The highest BCUT2D eigenvalue weighted by atomic mass is 35.5. The van der Waals surface area contributed by atoms with Crippen LogP contribution in [0, 0.1) is 17.5 Å². The lowest BCUT2D eigenvalue weighted by atomic mass is 10.0. The molecular formula is C16H15ClF3N. The highest BCUT2D eigenvalue weighted by molar-refractivity contribution is 6.31. The summed E-state index contributed by atoms with van der Waals surface area (Å²) in [6.45, 7) is 3.57. The van der Waals surface area contributed by atoms with Gasteiger partial charge in [0.05, 0.1) is 0 Å². The minimum atomic E-state index is -1.47. The largest absolute Gasteiger partial charge is 0.313 e. The van der Waals surface area contributed by atoms with Crippen LogP contribution in [0.1, 0.15) is 18.9 Å². The van der Waals surface area contributed by atoms with E-state index in [0.29, 0.717) is 17.1 Å². The van der Waals surface area contributed by atoms with Crippen LogP contribution in [0.3, 0.4) is 0 Å². The fourth-order valence-electron chi connectivity index (χ4n) is 1.99. The molecule has 2 aromatic rings. The number of halogens is 4. The molecule has 112 valence electrons. The Labute approximate surface area is 126 Å². The molecule has 1 nitrogen and oxygen atoms in total. The predicted molar refractivity (Wildman–Crippen MR) is 78.8 cm³/mol. The number of hydrogen-bond donors (Lipinski definition) is 1. The zero-order valence-corrected chi connectivity index (χ0v) is 12.3. The van der Waals surface area contributed by atoms with Crippen molar-refractivity contribution >= 4 is 11.6 Å². The number of benzene rings is 2. The molecule has 0 amide bonds. The molecule has 0 aliphatic heterocycles. The molecule has 0 unspecified atom stereocenters. The standard InChI is InChI=1S/C16H15ClF3N/c1-2-5-21-9-11-4-3-10(6-13(11)17)12-7-14(18)16(20)15(19)8-12/h3-4,6-8,21H,2,5,9H2,1H3. The molecule has 0 heterocycles.